The summed E-state index contributed by atoms with van der Waals surface area (Å²) in [4.78, 5) is 3.95. The predicted octanol–water partition coefficient (Wildman–Crippen LogP) is 3.34. The molecule has 0 saturated carbocycles. The van der Waals surface area contributed by atoms with Gasteiger partial charge >= 0.3 is 0 Å². The summed E-state index contributed by atoms with van der Waals surface area (Å²) in [5.41, 5.74) is 7.38. The molecule has 2 N–H and O–H groups in total. The number of likely N-dealkylation sites (tertiary alicyclic amines) is 1. The van der Waals surface area contributed by atoms with E-state index in [0.29, 0.717) is 12.6 Å². The van der Waals surface area contributed by atoms with Crippen LogP contribution in [0.1, 0.15) is 30.2 Å². The van der Waals surface area contributed by atoms with Gasteiger partial charge in [-0.3, -0.25) is 4.90 Å². The summed E-state index contributed by atoms with van der Waals surface area (Å²) in [5.74, 6) is 0. The Morgan fingerprint density at radius 1 is 1.39 bits per heavy atom. The zero-order valence-corrected chi connectivity index (χ0v) is 11.7. The molecule has 0 aliphatic carbocycles. The smallest absolute Gasteiger partial charge is 0.0349 e. The third-order valence-electron chi connectivity index (χ3n) is 4.02. The zero-order chi connectivity index (χ0) is 12.5. The van der Waals surface area contributed by atoms with Crippen molar-refractivity contribution < 1.29 is 0 Å². The second-order valence-corrected chi connectivity index (χ2v) is 6.30. The first-order valence-electron chi connectivity index (χ1n) is 6.73. The van der Waals surface area contributed by atoms with Gasteiger partial charge in [0.25, 0.3) is 0 Å². The summed E-state index contributed by atoms with van der Waals surface area (Å²) in [6, 6.07) is 9.40. The minimum atomic E-state index is 0.664. The number of thiophene rings is 1. The normalized spacial score (nSPS) is 20.9. The van der Waals surface area contributed by atoms with E-state index < -0.39 is 0 Å². The average Bonchev–Trinajstić information content (AvgIpc) is 2.95. The molecule has 0 bridgehead atoms. The molecule has 18 heavy (non-hydrogen) atoms. The van der Waals surface area contributed by atoms with Crippen molar-refractivity contribution in [3.8, 4) is 0 Å². The average molecular weight is 260 g/mol. The van der Waals surface area contributed by atoms with E-state index in [4.69, 9.17) is 5.73 Å². The van der Waals surface area contributed by atoms with Gasteiger partial charge in [-0.05, 0) is 43.3 Å². The Balaban J connectivity index is 1.98. The van der Waals surface area contributed by atoms with Gasteiger partial charge in [-0.1, -0.05) is 18.2 Å². The number of benzene rings is 1. The quantitative estimate of drug-likeness (QED) is 0.917. The number of hydrogen-bond donors (Lipinski definition) is 1. The van der Waals surface area contributed by atoms with E-state index in [1.807, 2.05) is 11.3 Å². The molecule has 0 spiro atoms. The van der Waals surface area contributed by atoms with Gasteiger partial charge in [-0.2, -0.15) is 0 Å². The summed E-state index contributed by atoms with van der Waals surface area (Å²) >= 11 is 1.86. The van der Waals surface area contributed by atoms with E-state index in [1.165, 1.54) is 39.9 Å². The van der Waals surface area contributed by atoms with Crippen LogP contribution in [0.3, 0.4) is 0 Å². The van der Waals surface area contributed by atoms with E-state index in [0.717, 1.165) is 6.54 Å². The standard InChI is InChI=1S/C15H20N2S/c1-11-5-4-8-17(11)10-13-12-6-2-3-7-14(12)18-15(13)9-16/h2-3,6-7,11H,4-5,8-10,16H2,1H3. The summed E-state index contributed by atoms with van der Waals surface area (Å²) in [5, 5.41) is 1.40. The third-order valence-corrected chi connectivity index (χ3v) is 5.25. The molecule has 3 heteroatoms. The van der Waals surface area contributed by atoms with Gasteiger partial charge < -0.3 is 5.73 Å². The maximum atomic E-state index is 5.92. The summed E-state index contributed by atoms with van der Waals surface area (Å²) in [7, 11) is 0. The first-order chi connectivity index (χ1) is 8.79. The highest BCUT2D eigenvalue weighted by molar-refractivity contribution is 7.19. The highest BCUT2D eigenvalue weighted by Gasteiger charge is 2.22. The van der Waals surface area contributed by atoms with Crippen molar-refractivity contribution in [3.05, 3.63) is 34.7 Å². The molecule has 3 rings (SSSR count). The molecule has 1 aliphatic rings. The lowest BCUT2D eigenvalue weighted by Gasteiger charge is -2.21. The largest absolute Gasteiger partial charge is 0.326 e. The lowest BCUT2D eigenvalue weighted by molar-refractivity contribution is 0.261. The molecule has 2 nitrogen and oxygen atoms in total. The molecular formula is C15H20N2S. The van der Waals surface area contributed by atoms with Crippen LogP contribution in [-0.4, -0.2) is 17.5 Å². The van der Waals surface area contributed by atoms with Gasteiger partial charge in [0.1, 0.15) is 0 Å². The van der Waals surface area contributed by atoms with E-state index in [9.17, 15) is 0 Å². The van der Waals surface area contributed by atoms with Crippen molar-refractivity contribution in [2.45, 2.75) is 38.9 Å². The highest BCUT2D eigenvalue weighted by Crippen LogP contribution is 2.33. The number of hydrogen-bond acceptors (Lipinski definition) is 3. The van der Waals surface area contributed by atoms with Crippen LogP contribution in [0.15, 0.2) is 24.3 Å². The fourth-order valence-corrected chi connectivity index (χ4v) is 4.01. The predicted molar refractivity (Wildman–Crippen MR) is 78.8 cm³/mol. The van der Waals surface area contributed by atoms with Crippen molar-refractivity contribution in [2.75, 3.05) is 6.54 Å². The van der Waals surface area contributed by atoms with Crippen LogP contribution in [0.5, 0.6) is 0 Å². The molecule has 1 aromatic carbocycles. The maximum absolute atomic E-state index is 5.92. The van der Waals surface area contributed by atoms with Gasteiger partial charge in [0, 0.05) is 28.7 Å². The van der Waals surface area contributed by atoms with Gasteiger partial charge in [0.05, 0.1) is 0 Å². The fraction of sp³-hybridized carbons (Fsp3) is 0.467. The van der Waals surface area contributed by atoms with Crippen LogP contribution >= 0.6 is 11.3 Å². The van der Waals surface area contributed by atoms with Crippen molar-refractivity contribution in [1.29, 1.82) is 0 Å². The summed E-state index contributed by atoms with van der Waals surface area (Å²) < 4.78 is 1.37. The molecule has 1 fully saturated rings. The zero-order valence-electron chi connectivity index (χ0n) is 10.9. The lowest BCUT2D eigenvalue weighted by Crippen LogP contribution is -2.26. The van der Waals surface area contributed by atoms with Gasteiger partial charge in [-0.25, -0.2) is 0 Å². The Morgan fingerprint density at radius 3 is 2.94 bits per heavy atom. The number of nitrogens with zero attached hydrogens (tertiary/aromatic N) is 1. The molecule has 1 saturated heterocycles. The highest BCUT2D eigenvalue weighted by atomic mass is 32.1. The minimum Gasteiger partial charge on any atom is -0.326 e. The van der Waals surface area contributed by atoms with Crippen LogP contribution in [0.2, 0.25) is 0 Å². The van der Waals surface area contributed by atoms with Crippen molar-refractivity contribution in [3.63, 3.8) is 0 Å². The molecule has 0 radical (unpaired) electrons. The van der Waals surface area contributed by atoms with E-state index >= 15 is 0 Å². The van der Waals surface area contributed by atoms with Crippen molar-refractivity contribution in [1.82, 2.24) is 4.90 Å². The molecule has 96 valence electrons. The molecule has 1 aliphatic heterocycles. The molecule has 0 amide bonds. The molecule has 2 heterocycles. The maximum Gasteiger partial charge on any atom is 0.0349 e. The lowest BCUT2D eigenvalue weighted by atomic mass is 10.1. The van der Waals surface area contributed by atoms with E-state index in [-0.39, 0.29) is 0 Å². The monoisotopic (exact) mass is 260 g/mol. The first-order valence-corrected chi connectivity index (χ1v) is 7.54. The van der Waals surface area contributed by atoms with Crippen molar-refractivity contribution in [2.24, 2.45) is 5.73 Å². The Hall–Kier alpha value is -0.900. The van der Waals surface area contributed by atoms with E-state index in [2.05, 4.69) is 36.1 Å². The van der Waals surface area contributed by atoms with Gasteiger partial charge in [0.2, 0.25) is 0 Å². The molecule has 1 atom stereocenters. The Bertz CT molecular complexity index is 546. The Morgan fingerprint density at radius 2 is 2.22 bits per heavy atom. The molecule has 2 aromatic rings. The SMILES string of the molecule is CC1CCCN1Cc1c(CN)sc2ccccc12. The van der Waals surface area contributed by atoms with Crippen LogP contribution in [0.25, 0.3) is 10.1 Å². The number of fused-ring (bicyclic) bond motifs is 1. The Kier molecular flexibility index (Phi) is 3.37. The second-order valence-electron chi connectivity index (χ2n) is 5.17. The number of rotatable bonds is 3. The summed E-state index contributed by atoms with van der Waals surface area (Å²) in [6.45, 7) is 5.30. The fourth-order valence-electron chi connectivity index (χ4n) is 2.92. The van der Waals surface area contributed by atoms with Crippen LogP contribution < -0.4 is 5.73 Å². The van der Waals surface area contributed by atoms with Gasteiger partial charge in [0.15, 0.2) is 0 Å². The molecule has 1 unspecified atom stereocenters. The minimum absolute atomic E-state index is 0.664. The first kappa shape index (κ1) is 12.2. The molecular weight excluding hydrogens is 240 g/mol. The van der Waals surface area contributed by atoms with Crippen LogP contribution in [-0.2, 0) is 13.1 Å². The van der Waals surface area contributed by atoms with Gasteiger partial charge in [-0.15, -0.1) is 11.3 Å². The molecule has 1 aromatic heterocycles. The van der Waals surface area contributed by atoms with E-state index in [1.54, 1.807) is 0 Å². The van der Waals surface area contributed by atoms with Crippen LogP contribution in [0.4, 0.5) is 0 Å². The van der Waals surface area contributed by atoms with Crippen molar-refractivity contribution >= 4 is 21.4 Å². The Labute approximate surface area is 112 Å². The summed E-state index contributed by atoms with van der Waals surface area (Å²) in [6.07, 6.45) is 2.67. The second kappa shape index (κ2) is 5.00. The topological polar surface area (TPSA) is 29.3 Å². The number of nitrogens with two attached hydrogens (primary N) is 1. The van der Waals surface area contributed by atoms with Crippen LogP contribution in [0, 0.1) is 0 Å². The third kappa shape index (κ3) is 2.07.